The van der Waals surface area contributed by atoms with Crippen molar-refractivity contribution in [2.45, 2.75) is 43.9 Å². The molecule has 1 aliphatic rings. The lowest BCUT2D eigenvalue weighted by Crippen LogP contribution is -2.30. The minimum absolute atomic E-state index is 0.0610. The van der Waals surface area contributed by atoms with Crippen molar-refractivity contribution < 1.29 is 22.7 Å². The number of amidine groups is 1. The molecule has 8 nitrogen and oxygen atoms in total. The van der Waals surface area contributed by atoms with Crippen molar-refractivity contribution in [1.29, 1.82) is 0 Å². The van der Waals surface area contributed by atoms with Gasteiger partial charge >= 0.3 is 0 Å². The summed E-state index contributed by atoms with van der Waals surface area (Å²) in [5.41, 5.74) is 0.368. The molecule has 0 saturated carbocycles. The fourth-order valence-electron chi connectivity index (χ4n) is 3.11. The molecule has 0 aromatic heterocycles. The molecule has 0 unspecified atom stereocenters. The third-order valence-corrected chi connectivity index (χ3v) is 6.10. The molecule has 0 saturated heterocycles. The molecule has 9 heteroatoms. The van der Waals surface area contributed by atoms with Crippen LogP contribution in [-0.2, 0) is 14.8 Å². The third-order valence-electron chi connectivity index (χ3n) is 4.72. The Morgan fingerprint density at radius 1 is 1.03 bits per heavy atom. The van der Waals surface area contributed by atoms with Gasteiger partial charge in [-0.25, -0.2) is 8.42 Å². The molecule has 0 radical (unpaired) electrons. The van der Waals surface area contributed by atoms with Gasteiger partial charge < -0.3 is 14.8 Å². The van der Waals surface area contributed by atoms with Crippen molar-refractivity contribution in [1.82, 2.24) is 4.72 Å². The number of benzene rings is 2. The van der Waals surface area contributed by atoms with Crippen LogP contribution in [0.15, 0.2) is 58.4 Å². The molecule has 2 N–H and O–H groups in total. The van der Waals surface area contributed by atoms with Crippen LogP contribution in [0.2, 0.25) is 0 Å². The lowest BCUT2D eigenvalue weighted by atomic mass is 10.2. The number of carbonyl (C=O) groups is 1. The summed E-state index contributed by atoms with van der Waals surface area (Å²) in [4.78, 5) is 16.6. The second-order valence-electron chi connectivity index (χ2n) is 7.43. The van der Waals surface area contributed by atoms with Gasteiger partial charge in [0, 0.05) is 18.7 Å². The van der Waals surface area contributed by atoms with E-state index in [0.29, 0.717) is 36.8 Å². The van der Waals surface area contributed by atoms with E-state index in [2.05, 4.69) is 15.0 Å². The van der Waals surface area contributed by atoms with Gasteiger partial charge in [-0.1, -0.05) is 19.4 Å². The number of nitrogens with zero attached hydrogens (tertiary/aromatic N) is 1. The monoisotopic (exact) mass is 459 g/mol. The van der Waals surface area contributed by atoms with Gasteiger partial charge in [-0.3, -0.25) is 14.5 Å². The molecule has 2 aromatic carbocycles. The van der Waals surface area contributed by atoms with Gasteiger partial charge in [-0.15, -0.1) is 0 Å². The zero-order chi connectivity index (χ0) is 22.8. The third kappa shape index (κ3) is 7.26. The van der Waals surface area contributed by atoms with E-state index >= 15 is 0 Å². The molecule has 1 aliphatic heterocycles. The van der Waals surface area contributed by atoms with Crippen molar-refractivity contribution in [3.63, 3.8) is 0 Å². The number of sulfonamides is 1. The first-order valence-corrected chi connectivity index (χ1v) is 12.3. The van der Waals surface area contributed by atoms with Crippen LogP contribution in [0.4, 0.5) is 5.69 Å². The quantitative estimate of drug-likeness (QED) is 0.594. The first-order valence-electron chi connectivity index (χ1n) is 10.8. The summed E-state index contributed by atoms with van der Waals surface area (Å²) in [7, 11) is -3.78. The first kappa shape index (κ1) is 23.6. The van der Waals surface area contributed by atoms with Gasteiger partial charge in [0.2, 0.25) is 0 Å². The highest BCUT2D eigenvalue weighted by Crippen LogP contribution is 2.19. The SMILES string of the molecule is CCCOc1ccc(OCC(=O)Nc2cccc(S(=O)(=O)NC3=NCCCCC3)c2)cc1. The van der Waals surface area contributed by atoms with Crippen LogP contribution in [0.1, 0.15) is 39.0 Å². The number of ether oxygens (including phenoxy) is 2. The van der Waals surface area contributed by atoms with E-state index < -0.39 is 15.9 Å². The van der Waals surface area contributed by atoms with E-state index in [0.717, 1.165) is 31.4 Å². The Morgan fingerprint density at radius 3 is 2.53 bits per heavy atom. The zero-order valence-electron chi connectivity index (χ0n) is 18.2. The summed E-state index contributed by atoms with van der Waals surface area (Å²) in [6, 6.07) is 13.1. The van der Waals surface area contributed by atoms with Gasteiger partial charge in [0.1, 0.15) is 17.3 Å². The second kappa shape index (κ2) is 11.5. The van der Waals surface area contributed by atoms with E-state index in [1.54, 1.807) is 36.4 Å². The molecule has 32 heavy (non-hydrogen) atoms. The van der Waals surface area contributed by atoms with E-state index in [9.17, 15) is 13.2 Å². The summed E-state index contributed by atoms with van der Waals surface area (Å²) in [5, 5.41) is 2.67. The number of hydrogen-bond donors (Lipinski definition) is 2. The van der Waals surface area contributed by atoms with Gasteiger partial charge in [-0.2, -0.15) is 0 Å². The number of nitrogens with one attached hydrogen (secondary N) is 2. The molecule has 2 aromatic rings. The standard InChI is InChI=1S/C23H29N3O5S/c1-2-15-30-19-10-12-20(13-11-19)31-17-23(27)25-18-7-6-8-21(16-18)32(28,29)26-22-9-4-3-5-14-24-22/h6-8,10-13,16H,2-5,9,14-15,17H2,1H3,(H,24,26)(H,25,27). The van der Waals surface area contributed by atoms with Crippen LogP contribution < -0.4 is 19.5 Å². The molecule has 0 atom stereocenters. The summed E-state index contributed by atoms with van der Waals surface area (Å²) < 4.78 is 39.0. The Hall–Kier alpha value is -3.07. The fraction of sp³-hybridized carbons (Fsp3) is 0.391. The summed E-state index contributed by atoms with van der Waals surface area (Å²) in [6.45, 7) is 3.09. The normalized spacial score (nSPS) is 14.1. The first-order chi connectivity index (χ1) is 15.5. The van der Waals surface area contributed by atoms with Crippen molar-refractivity contribution in [2.24, 2.45) is 4.99 Å². The number of amides is 1. The average Bonchev–Trinajstić information content (AvgIpc) is 3.05. The Bertz CT molecular complexity index is 1040. The minimum Gasteiger partial charge on any atom is -0.494 e. The Labute approximate surface area is 189 Å². The van der Waals surface area contributed by atoms with Crippen molar-refractivity contribution in [3.05, 3.63) is 48.5 Å². The summed E-state index contributed by atoms with van der Waals surface area (Å²) in [5.74, 6) is 1.36. The molecule has 0 fully saturated rings. The van der Waals surface area contributed by atoms with Crippen molar-refractivity contribution in [2.75, 3.05) is 25.1 Å². The van der Waals surface area contributed by atoms with Crippen molar-refractivity contribution >= 4 is 27.5 Å². The van der Waals surface area contributed by atoms with E-state index in [1.165, 1.54) is 12.1 Å². The minimum atomic E-state index is -3.78. The smallest absolute Gasteiger partial charge is 0.262 e. The highest BCUT2D eigenvalue weighted by atomic mass is 32.2. The highest BCUT2D eigenvalue weighted by Gasteiger charge is 2.18. The molecular weight excluding hydrogens is 430 g/mol. The average molecular weight is 460 g/mol. The molecule has 0 spiro atoms. The maximum Gasteiger partial charge on any atom is 0.262 e. The molecule has 3 rings (SSSR count). The predicted octanol–water partition coefficient (Wildman–Crippen LogP) is 3.74. The van der Waals surface area contributed by atoms with Crippen molar-refractivity contribution in [3.8, 4) is 11.5 Å². The Kier molecular flexibility index (Phi) is 8.49. The summed E-state index contributed by atoms with van der Waals surface area (Å²) >= 11 is 0. The lowest BCUT2D eigenvalue weighted by Gasteiger charge is -2.12. The maximum absolute atomic E-state index is 12.7. The van der Waals surface area contributed by atoms with Gasteiger partial charge in [0.05, 0.1) is 11.5 Å². The van der Waals surface area contributed by atoms with E-state index in [-0.39, 0.29) is 11.5 Å². The molecule has 172 valence electrons. The Balaban J connectivity index is 1.55. The number of hydrogen-bond acceptors (Lipinski definition) is 6. The number of anilines is 1. The molecule has 0 bridgehead atoms. The number of rotatable bonds is 9. The van der Waals surface area contributed by atoms with Gasteiger partial charge in [-0.05, 0) is 61.7 Å². The van der Waals surface area contributed by atoms with E-state index in [1.807, 2.05) is 6.92 Å². The molecular formula is C23H29N3O5S. The molecule has 0 aliphatic carbocycles. The fourth-order valence-corrected chi connectivity index (χ4v) is 4.24. The molecule has 1 heterocycles. The summed E-state index contributed by atoms with van der Waals surface area (Å²) in [6.07, 6.45) is 4.44. The van der Waals surface area contributed by atoms with Crippen LogP contribution in [0.5, 0.6) is 11.5 Å². The van der Waals surface area contributed by atoms with Crippen LogP contribution in [-0.4, -0.2) is 39.9 Å². The zero-order valence-corrected chi connectivity index (χ0v) is 19.0. The topological polar surface area (TPSA) is 106 Å². The van der Waals surface area contributed by atoms with Crippen LogP contribution in [0.3, 0.4) is 0 Å². The largest absolute Gasteiger partial charge is 0.494 e. The van der Waals surface area contributed by atoms with E-state index in [4.69, 9.17) is 9.47 Å². The van der Waals surface area contributed by atoms with Gasteiger partial charge in [0.25, 0.3) is 15.9 Å². The van der Waals surface area contributed by atoms with Gasteiger partial charge in [0.15, 0.2) is 6.61 Å². The number of aliphatic imine (C=N–C) groups is 1. The van der Waals surface area contributed by atoms with Crippen LogP contribution in [0.25, 0.3) is 0 Å². The highest BCUT2D eigenvalue weighted by molar-refractivity contribution is 7.90. The predicted molar refractivity (Wildman–Crippen MR) is 124 cm³/mol. The molecule has 1 amide bonds. The van der Waals surface area contributed by atoms with Crippen LogP contribution in [0, 0.1) is 0 Å². The second-order valence-corrected chi connectivity index (χ2v) is 9.11. The maximum atomic E-state index is 12.7. The van der Waals surface area contributed by atoms with Crippen LogP contribution >= 0.6 is 0 Å². The Morgan fingerprint density at radius 2 is 1.78 bits per heavy atom. The lowest BCUT2D eigenvalue weighted by molar-refractivity contribution is -0.118. The number of carbonyl (C=O) groups excluding carboxylic acids is 1.